The van der Waals surface area contributed by atoms with E-state index in [2.05, 4.69) is 11.1 Å². The van der Waals surface area contributed by atoms with Crippen LogP contribution in [0.15, 0.2) is 48.9 Å². The van der Waals surface area contributed by atoms with Gasteiger partial charge in [0.25, 0.3) is 0 Å². The number of rotatable bonds is 5. The largest absolute Gasteiger partial charge is 0.495 e. The zero-order valence-electron chi connectivity index (χ0n) is 19.0. The van der Waals surface area contributed by atoms with Crippen LogP contribution in [0, 0.1) is 18.2 Å². The SMILES string of the molecule is COc1cc(C2CC23CCCN(C(C)c2cc(F)cc(Cl)c2)C3=O)ccc1-n1cnc(C)c1. The quantitative estimate of drug-likeness (QED) is 0.473. The Balaban J connectivity index is 1.40. The van der Waals surface area contributed by atoms with Crippen LogP contribution in [0.1, 0.15) is 55.0 Å². The van der Waals surface area contributed by atoms with E-state index in [-0.39, 0.29) is 29.1 Å². The summed E-state index contributed by atoms with van der Waals surface area (Å²) in [6.45, 7) is 4.57. The fraction of sp³-hybridized carbons (Fsp3) is 0.385. The van der Waals surface area contributed by atoms with Crippen molar-refractivity contribution in [3.05, 3.63) is 76.6 Å². The lowest BCUT2D eigenvalue weighted by Crippen LogP contribution is -2.44. The predicted octanol–water partition coefficient (Wildman–Crippen LogP) is 5.84. The summed E-state index contributed by atoms with van der Waals surface area (Å²) in [4.78, 5) is 19.9. The average molecular weight is 468 g/mol. The summed E-state index contributed by atoms with van der Waals surface area (Å²) in [6.07, 6.45) is 6.35. The van der Waals surface area contributed by atoms with Gasteiger partial charge in [0.2, 0.25) is 5.91 Å². The number of hydrogen-bond donors (Lipinski definition) is 0. The number of likely N-dealkylation sites (tertiary alicyclic amines) is 1. The molecule has 2 aromatic carbocycles. The van der Waals surface area contributed by atoms with Crippen LogP contribution in [0.25, 0.3) is 5.69 Å². The normalized spacial score (nSPS) is 23.1. The number of methoxy groups -OCH3 is 1. The summed E-state index contributed by atoms with van der Waals surface area (Å²) in [6, 6.07) is 10.4. The molecule has 1 spiro atoms. The Morgan fingerprint density at radius 3 is 2.79 bits per heavy atom. The van der Waals surface area contributed by atoms with Crippen LogP contribution in [0.2, 0.25) is 5.02 Å². The monoisotopic (exact) mass is 467 g/mol. The number of piperidine rings is 1. The third-order valence-electron chi connectivity index (χ3n) is 7.21. The van der Waals surface area contributed by atoms with Crippen LogP contribution in [0.3, 0.4) is 0 Å². The minimum absolute atomic E-state index is 0.153. The van der Waals surface area contributed by atoms with Crippen molar-refractivity contribution in [2.75, 3.05) is 13.7 Å². The zero-order valence-corrected chi connectivity index (χ0v) is 19.8. The van der Waals surface area contributed by atoms with E-state index in [1.54, 1.807) is 19.5 Å². The van der Waals surface area contributed by atoms with Crippen molar-refractivity contribution in [2.45, 2.75) is 45.1 Å². The van der Waals surface area contributed by atoms with Gasteiger partial charge in [-0.2, -0.15) is 0 Å². The van der Waals surface area contributed by atoms with Crippen LogP contribution in [-0.2, 0) is 4.79 Å². The molecule has 1 aliphatic carbocycles. The highest BCUT2D eigenvalue weighted by molar-refractivity contribution is 6.30. The fourth-order valence-corrected chi connectivity index (χ4v) is 5.59. The summed E-state index contributed by atoms with van der Waals surface area (Å²) in [5, 5.41) is 0.348. The van der Waals surface area contributed by atoms with E-state index in [1.807, 2.05) is 41.6 Å². The maximum atomic E-state index is 13.9. The molecular formula is C26H27ClFN3O2. The number of carbonyl (C=O) groups excluding carboxylic acids is 1. The summed E-state index contributed by atoms with van der Waals surface area (Å²) in [7, 11) is 1.66. The van der Waals surface area contributed by atoms with Crippen LogP contribution in [0.5, 0.6) is 5.75 Å². The first-order valence-electron chi connectivity index (χ1n) is 11.3. The minimum atomic E-state index is -0.387. The molecule has 2 heterocycles. The first-order chi connectivity index (χ1) is 15.8. The number of nitrogens with zero attached hydrogens (tertiary/aromatic N) is 3. The van der Waals surface area contributed by atoms with Gasteiger partial charge in [0, 0.05) is 17.8 Å². The molecular weight excluding hydrogens is 441 g/mol. The number of amides is 1. The number of hydrogen-bond acceptors (Lipinski definition) is 3. The first kappa shape index (κ1) is 22.0. The molecule has 0 bridgehead atoms. The summed E-state index contributed by atoms with van der Waals surface area (Å²) in [5.41, 5.74) is 3.31. The highest BCUT2D eigenvalue weighted by Gasteiger charge is 2.62. The number of aryl methyl sites for hydroxylation is 1. The Kier molecular flexibility index (Phi) is 5.44. The fourth-order valence-electron chi connectivity index (χ4n) is 5.36. The van der Waals surface area contributed by atoms with E-state index >= 15 is 0 Å². The van der Waals surface area contributed by atoms with Gasteiger partial charge in [0.15, 0.2) is 0 Å². The predicted molar refractivity (Wildman–Crippen MR) is 125 cm³/mol. The van der Waals surface area contributed by atoms with Crippen molar-refractivity contribution in [1.29, 1.82) is 0 Å². The van der Waals surface area contributed by atoms with Gasteiger partial charge in [-0.25, -0.2) is 9.37 Å². The Morgan fingerprint density at radius 2 is 2.09 bits per heavy atom. The van der Waals surface area contributed by atoms with E-state index in [1.165, 1.54) is 12.1 Å². The van der Waals surface area contributed by atoms with Gasteiger partial charge < -0.3 is 14.2 Å². The maximum absolute atomic E-state index is 13.9. The number of ether oxygens (including phenoxy) is 1. The molecule has 1 saturated carbocycles. The molecule has 172 valence electrons. The van der Waals surface area contributed by atoms with Gasteiger partial charge in [0.05, 0.1) is 36.3 Å². The second kappa shape index (κ2) is 8.17. The highest BCUT2D eigenvalue weighted by Crippen LogP contribution is 2.65. The second-order valence-electron chi connectivity index (χ2n) is 9.25. The van der Waals surface area contributed by atoms with Crippen LogP contribution in [-0.4, -0.2) is 34.0 Å². The molecule has 1 saturated heterocycles. The Labute approximate surface area is 198 Å². The van der Waals surface area contributed by atoms with Crippen LogP contribution < -0.4 is 4.74 Å². The Hall–Kier alpha value is -2.86. The highest BCUT2D eigenvalue weighted by atomic mass is 35.5. The molecule has 1 aromatic heterocycles. The molecule has 5 nitrogen and oxygen atoms in total. The van der Waals surface area contributed by atoms with Gasteiger partial charge >= 0.3 is 0 Å². The molecule has 3 aromatic rings. The molecule has 0 N–H and O–H groups in total. The summed E-state index contributed by atoms with van der Waals surface area (Å²) >= 11 is 6.07. The Bertz CT molecular complexity index is 1210. The lowest BCUT2D eigenvalue weighted by atomic mass is 9.87. The van der Waals surface area contributed by atoms with Crippen molar-refractivity contribution in [1.82, 2.24) is 14.5 Å². The van der Waals surface area contributed by atoms with Gasteiger partial charge in [0.1, 0.15) is 11.6 Å². The Morgan fingerprint density at radius 1 is 1.27 bits per heavy atom. The molecule has 33 heavy (non-hydrogen) atoms. The summed E-state index contributed by atoms with van der Waals surface area (Å²) in [5.74, 6) is 0.686. The van der Waals surface area contributed by atoms with Crippen molar-refractivity contribution < 1.29 is 13.9 Å². The second-order valence-corrected chi connectivity index (χ2v) is 9.68. The van der Waals surface area contributed by atoms with Crippen molar-refractivity contribution in [3.8, 4) is 11.4 Å². The van der Waals surface area contributed by atoms with Crippen molar-refractivity contribution >= 4 is 17.5 Å². The van der Waals surface area contributed by atoms with E-state index in [0.717, 1.165) is 47.5 Å². The lowest BCUT2D eigenvalue weighted by Gasteiger charge is -2.38. The number of halogens is 2. The maximum Gasteiger partial charge on any atom is 0.229 e. The molecule has 5 rings (SSSR count). The topological polar surface area (TPSA) is 47.4 Å². The van der Waals surface area contributed by atoms with Gasteiger partial charge in [-0.1, -0.05) is 17.7 Å². The standard InChI is InChI=1S/C26H27ClFN3O2/c1-16-14-30(15-29-16)23-6-5-18(11-24(23)33-3)22-13-26(22)7-4-8-31(25(26)32)17(2)19-9-20(27)12-21(28)10-19/h5-6,9-12,14-15,17,22H,4,7-8,13H2,1-3H3. The molecule has 1 aliphatic heterocycles. The molecule has 3 unspecified atom stereocenters. The smallest absolute Gasteiger partial charge is 0.229 e. The number of aromatic nitrogens is 2. The molecule has 3 atom stereocenters. The van der Waals surface area contributed by atoms with Crippen LogP contribution >= 0.6 is 11.6 Å². The number of benzene rings is 2. The van der Waals surface area contributed by atoms with Crippen molar-refractivity contribution in [3.63, 3.8) is 0 Å². The third-order valence-corrected chi connectivity index (χ3v) is 7.43. The minimum Gasteiger partial charge on any atom is -0.495 e. The molecule has 7 heteroatoms. The molecule has 0 radical (unpaired) electrons. The van der Waals surface area contributed by atoms with Crippen LogP contribution in [0.4, 0.5) is 4.39 Å². The lowest BCUT2D eigenvalue weighted by molar-refractivity contribution is -0.143. The van der Waals surface area contributed by atoms with Gasteiger partial charge in [-0.15, -0.1) is 0 Å². The van der Waals surface area contributed by atoms with Crippen molar-refractivity contribution in [2.24, 2.45) is 5.41 Å². The number of carbonyl (C=O) groups is 1. The van der Waals surface area contributed by atoms with E-state index in [9.17, 15) is 9.18 Å². The van der Waals surface area contributed by atoms with Gasteiger partial charge in [-0.3, -0.25) is 4.79 Å². The van der Waals surface area contributed by atoms with E-state index < -0.39 is 0 Å². The zero-order chi connectivity index (χ0) is 23.3. The molecule has 2 fully saturated rings. The van der Waals surface area contributed by atoms with E-state index in [0.29, 0.717) is 11.6 Å². The third kappa shape index (κ3) is 3.80. The summed E-state index contributed by atoms with van der Waals surface area (Å²) < 4.78 is 21.5. The van der Waals surface area contributed by atoms with E-state index in [4.69, 9.17) is 16.3 Å². The molecule has 2 aliphatic rings. The number of imidazole rings is 1. The molecule has 1 amide bonds. The van der Waals surface area contributed by atoms with Gasteiger partial charge in [-0.05, 0) is 80.5 Å². The first-order valence-corrected chi connectivity index (χ1v) is 11.7. The average Bonchev–Trinajstić information content (AvgIpc) is 3.35.